The first-order valence-electron chi connectivity index (χ1n) is 10.2. The third-order valence-corrected chi connectivity index (χ3v) is 4.26. The Hall–Kier alpha value is -3.14. The Balaban J connectivity index is 0.000000503. The van der Waals surface area contributed by atoms with E-state index in [4.69, 9.17) is 10.8 Å². The quantitative estimate of drug-likeness (QED) is 0.573. The van der Waals surface area contributed by atoms with Crippen molar-refractivity contribution in [2.24, 2.45) is 5.73 Å². The number of hydrogen-bond acceptors (Lipinski definition) is 5. The molecule has 0 radical (unpaired) electrons. The molecule has 0 aromatic heterocycles. The van der Waals surface area contributed by atoms with E-state index in [0.717, 1.165) is 13.7 Å². The number of carbonyl (C=O) groups excluding carboxylic acids is 2. The van der Waals surface area contributed by atoms with E-state index >= 15 is 0 Å². The van der Waals surface area contributed by atoms with E-state index in [1.807, 2.05) is 62.6 Å². The Morgan fingerprint density at radius 2 is 1.28 bits per heavy atom. The van der Waals surface area contributed by atoms with Crippen LogP contribution in [-0.2, 0) is 13.1 Å². The minimum atomic E-state index is -0.157. The van der Waals surface area contributed by atoms with Crippen LogP contribution in [0.4, 0.5) is 9.59 Å². The maximum atomic E-state index is 11.5. The lowest BCUT2D eigenvalue weighted by Crippen LogP contribution is -2.54. The van der Waals surface area contributed by atoms with Gasteiger partial charge in [-0.1, -0.05) is 60.7 Å². The van der Waals surface area contributed by atoms with E-state index in [-0.39, 0.29) is 12.1 Å². The third-order valence-electron chi connectivity index (χ3n) is 4.26. The number of rotatable bonds is 3. The molecule has 32 heavy (non-hydrogen) atoms. The summed E-state index contributed by atoms with van der Waals surface area (Å²) in [7, 11) is 7.80. The fraction of sp³-hybridized carbons (Fsp3) is 0.391. The average Bonchev–Trinajstić information content (AvgIpc) is 2.85. The second-order valence-corrected chi connectivity index (χ2v) is 6.79. The van der Waals surface area contributed by atoms with Gasteiger partial charge in [-0.05, 0) is 11.1 Å². The highest BCUT2D eigenvalue weighted by atomic mass is 16.2. The Bertz CT molecular complexity index is 726. The number of amides is 4. The molecule has 1 saturated heterocycles. The molecular weight excluding hydrogens is 408 g/mol. The van der Waals surface area contributed by atoms with Crippen molar-refractivity contribution in [3.05, 3.63) is 71.8 Å². The van der Waals surface area contributed by atoms with Crippen LogP contribution in [0.3, 0.4) is 0 Å². The van der Waals surface area contributed by atoms with Crippen molar-refractivity contribution in [3.8, 4) is 0 Å². The van der Waals surface area contributed by atoms with Gasteiger partial charge < -0.3 is 31.3 Å². The molecule has 3 rings (SSSR count). The van der Waals surface area contributed by atoms with E-state index in [1.165, 1.54) is 11.1 Å². The van der Waals surface area contributed by atoms with Crippen LogP contribution >= 0.6 is 0 Å². The smallest absolute Gasteiger partial charge is 0.321 e. The number of carbonyl (C=O) groups is 2. The summed E-state index contributed by atoms with van der Waals surface area (Å²) in [6.07, 6.45) is 0. The van der Waals surface area contributed by atoms with Gasteiger partial charge in [0.1, 0.15) is 0 Å². The molecular formula is C23H38N6O3. The lowest BCUT2D eigenvalue weighted by molar-refractivity contribution is 0.0506. The molecule has 0 saturated carbocycles. The van der Waals surface area contributed by atoms with Gasteiger partial charge in [-0.3, -0.25) is 4.90 Å². The van der Waals surface area contributed by atoms with Crippen molar-refractivity contribution in [2.75, 3.05) is 48.6 Å². The topological polar surface area (TPSA) is 114 Å². The van der Waals surface area contributed by atoms with Gasteiger partial charge in [0.25, 0.3) is 0 Å². The van der Waals surface area contributed by atoms with Crippen LogP contribution in [0.1, 0.15) is 11.1 Å². The molecule has 1 aliphatic rings. The van der Waals surface area contributed by atoms with Crippen molar-refractivity contribution < 1.29 is 14.7 Å². The number of urea groups is 2. The molecule has 0 atom stereocenters. The summed E-state index contributed by atoms with van der Waals surface area (Å²) in [5.41, 5.74) is 7.81. The van der Waals surface area contributed by atoms with Crippen molar-refractivity contribution in [1.82, 2.24) is 25.3 Å². The second kappa shape index (κ2) is 17.5. The van der Waals surface area contributed by atoms with Crippen LogP contribution in [0.15, 0.2) is 60.7 Å². The molecule has 5 N–H and O–H groups in total. The zero-order valence-corrected chi connectivity index (χ0v) is 19.8. The lowest BCUT2D eigenvalue weighted by atomic mass is 10.2. The summed E-state index contributed by atoms with van der Waals surface area (Å²) in [6.45, 7) is 2.90. The van der Waals surface area contributed by atoms with Crippen LogP contribution < -0.4 is 16.4 Å². The normalized spacial score (nSPS) is 12.8. The van der Waals surface area contributed by atoms with Crippen molar-refractivity contribution in [3.63, 3.8) is 0 Å². The van der Waals surface area contributed by atoms with Gasteiger partial charge in [0.15, 0.2) is 0 Å². The van der Waals surface area contributed by atoms with Crippen LogP contribution in [0.25, 0.3) is 0 Å². The zero-order chi connectivity index (χ0) is 24.4. The molecule has 1 aliphatic heterocycles. The monoisotopic (exact) mass is 446 g/mol. The van der Waals surface area contributed by atoms with Gasteiger partial charge in [0.2, 0.25) is 0 Å². The molecule has 9 nitrogen and oxygen atoms in total. The van der Waals surface area contributed by atoms with Crippen molar-refractivity contribution >= 4 is 12.1 Å². The number of nitrogens with zero attached hydrogens (tertiary/aromatic N) is 3. The SMILES string of the molecule is CN1CN(Cc2ccccc2)CN(C)C1=O.CNC(=O)NC.CO.NCc1ccccc1. The van der Waals surface area contributed by atoms with E-state index in [1.54, 1.807) is 23.9 Å². The molecule has 0 bridgehead atoms. The highest BCUT2D eigenvalue weighted by Gasteiger charge is 2.24. The van der Waals surface area contributed by atoms with Crippen LogP contribution in [0, 0.1) is 0 Å². The first kappa shape index (κ1) is 28.9. The van der Waals surface area contributed by atoms with Gasteiger partial charge in [0.05, 0.1) is 13.3 Å². The number of nitrogens with two attached hydrogens (primary N) is 1. The zero-order valence-electron chi connectivity index (χ0n) is 19.8. The molecule has 9 heteroatoms. The standard InChI is InChI=1S/C12H17N3O.C7H9N.C3H8N2O.CH4O/c1-13-9-15(10-14(2)12(13)16)8-11-6-4-3-5-7-11;8-6-7-4-2-1-3-5-7;1-4-3(6)5-2;1-2/h3-7H,8-10H2,1-2H3;1-5H,6,8H2;1-2H3,(H2,4,5,6);2H,1H3. The number of aliphatic hydroxyl groups excluding tert-OH is 1. The molecule has 2 aromatic rings. The largest absolute Gasteiger partial charge is 0.400 e. The summed E-state index contributed by atoms with van der Waals surface area (Å²) in [5.74, 6) is 0. The molecule has 0 spiro atoms. The van der Waals surface area contributed by atoms with E-state index in [9.17, 15) is 9.59 Å². The first-order chi connectivity index (χ1) is 15.4. The van der Waals surface area contributed by atoms with E-state index < -0.39 is 0 Å². The van der Waals surface area contributed by atoms with Crippen LogP contribution in [0.2, 0.25) is 0 Å². The molecule has 4 amide bonds. The lowest BCUT2D eigenvalue weighted by Gasteiger charge is -2.38. The molecule has 1 heterocycles. The average molecular weight is 447 g/mol. The molecule has 1 fully saturated rings. The molecule has 0 unspecified atom stereocenters. The number of aliphatic hydroxyl groups is 1. The van der Waals surface area contributed by atoms with Crippen molar-refractivity contribution in [2.45, 2.75) is 13.1 Å². The third kappa shape index (κ3) is 11.9. The van der Waals surface area contributed by atoms with Gasteiger partial charge in [-0.25, -0.2) is 9.59 Å². The summed E-state index contributed by atoms with van der Waals surface area (Å²) in [4.78, 5) is 27.2. The maximum absolute atomic E-state index is 11.5. The molecule has 0 aliphatic carbocycles. The summed E-state index contributed by atoms with van der Waals surface area (Å²) in [5, 5.41) is 11.7. The first-order valence-corrected chi connectivity index (χ1v) is 10.2. The van der Waals surface area contributed by atoms with Gasteiger partial charge in [0, 0.05) is 48.4 Å². The predicted octanol–water partition coefficient (Wildman–Crippen LogP) is 1.70. The summed E-state index contributed by atoms with van der Waals surface area (Å²) >= 11 is 0. The van der Waals surface area contributed by atoms with Gasteiger partial charge in [-0.15, -0.1) is 0 Å². The second-order valence-electron chi connectivity index (χ2n) is 6.79. The minimum absolute atomic E-state index is 0.0873. The van der Waals surface area contributed by atoms with E-state index in [0.29, 0.717) is 19.9 Å². The summed E-state index contributed by atoms with van der Waals surface area (Å²) in [6, 6.07) is 20.2. The van der Waals surface area contributed by atoms with Crippen LogP contribution in [-0.4, -0.2) is 80.5 Å². The Morgan fingerprint density at radius 3 is 1.59 bits per heavy atom. The van der Waals surface area contributed by atoms with Crippen molar-refractivity contribution in [1.29, 1.82) is 0 Å². The Morgan fingerprint density at radius 1 is 0.875 bits per heavy atom. The van der Waals surface area contributed by atoms with Crippen LogP contribution in [0.5, 0.6) is 0 Å². The fourth-order valence-electron chi connectivity index (χ4n) is 2.74. The molecule has 178 valence electrons. The van der Waals surface area contributed by atoms with E-state index in [2.05, 4.69) is 27.7 Å². The maximum Gasteiger partial charge on any atom is 0.321 e. The molecule has 2 aromatic carbocycles. The minimum Gasteiger partial charge on any atom is -0.400 e. The predicted molar refractivity (Wildman–Crippen MR) is 129 cm³/mol. The number of nitrogens with one attached hydrogen (secondary N) is 2. The highest BCUT2D eigenvalue weighted by molar-refractivity contribution is 5.74. The Labute approximate surface area is 191 Å². The van der Waals surface area contributed by atoms with Gasteiger partial charge >= 0.3 is 12.1 Å². The fourth-order valence-corrected chi connectivity index (χ4v) is 2.74. The highest BCUT2D eigenvalue weighted by Crippen LogP contribution is 2.10. The number of hydrogen-bond donors (Lipinski definition) is 4. The Kier molecular flexibility index (Phi) is 15.8. The van der Waals surface area contributed by atoms with Gasteiger partial charge in [-0.2, -0.15) is 0 Å². The number of benzene rings is 2. The summed E-state index contributed by atoms with van der Waals surface area (Å²) < 4.78 is 0.